The van der Waals surface area contributed by atoms with Crippen molar-refractivity contribution in [1.82, 2.24) is 19.3 Å². The Bertz CT molecular complexity index is 818. The van der Waals surface area contributed by atoms with Crippen LogP contribution in [-0.4, -0.2) is 33.0 Å². The molecule has 0 saturated heterocycles. The predicted octanol–water partition coefficient (Wildman–Crippen LogP) is 2.65. The first-order chi connectivity index (χ1) is 11.1. The molecule has 1 N–H and O–H groups in total. The average molecular weight is 313 g/mol. The molecule has 0 fully saturated rings. The van der Waals surface area contributed by atoms with Crippen molar-refractivity contribution >= 4 is 17.0 Å². The highest BCUT2D eigenvalue weighted by molar-refractivity contribution is 5.78. The summed E-state index contributed by atoms with van der Waals surface area (Å²) in [6.45, 7) is 6.26. The lowest BCUT2D eigenvalue weighted by molar-refractivity contribution is 0.188. The minimum absolute atomic E-state index is 0.653. The lowest BCUT2D eigenvalue weighted by Crippen LogP contribution is -2.11. The van der Waals surface area contributed by atoms with Crippen molar-refractivity contribution in [1.29, 1.82) is 0 Å². The Balaban J connectivity index is 1.89. The van der Waals surface area contributed by atoms with E-state index in [0.717, 1.165) is 29.2 Å². The van der Waals surface area contributed by atoms with Gasteiger partial charge in [-0.1, -0.05) is 12.1 Å². The number of hydrogen-bond donors (Lipinski definition) is 1. The standard InChI is InChI=1S/C17H23N5O/c1-12-14(13(2)21(3)20-12)11-18-17-19-15-7-5-6-8-16(15)22(17)9-10-23-4/h5-8H,9-11H2,1-4H3,(H,18,19). The maximum absolute atomic E-state index is 5.23. The SMILES string of the molecule is COCCn1c(NCc2c(C)nn(C)c2C)nc2ccccc21. The zero-order valence-corrected chi connectivity index (χ0v) is 14.1. The van der Waals surface area contributed by atoms with Crippen LogP contribution in [0.1, 0.15) is 17.0 Å². The van der Waals surface area contributed by atoms with Gasteiger partial charge in [0.15, 0.2) is 0 Å². The Morgan fingerprint density at radius 2 is 2.00 bits per heavy atom. The number of methoxy groups -OCH3 is 1. The molecule has 0 atom stereocenters. The number of imidazole rings is 1. The van der Waals surface area contributed by atoms with Gasteiger partial charge < -0.3 is 14.6 Å². The quantitative estimate of drug-likeness (QED) is 0.760. The van der Waals surface area contributed by atoms with E-state index in [1.54, 1.807) is 7.11 Å². The molecule has 0 saturated carbocycles. The summed E-state index contributed by atoms with van der Waals surface area (Å²) in [7, 11) is 3.69. The third kappa shape index (κ3) is 2.94. The topological polar surface area (TPSA) is 56.9 Å². The highest BCUT2D eigenvalue weighted by atomic mass is 16.5. The highest BCUT2D eigenvalue weighted by Crippen LogP contribution is 2.21. The van der Waals surface area contributed by atoms with Crippen molar-refractivity contribution in [3.05, 3.63) is 41.2 Å². The van der Waals surface area contributed by atoms with Gasteiger partial charge in [-0.25, -0.2) is 4.98 Å². The van der Waals surface area contributed by atoms with Crippen LogP contribution in [0.3, 0.4) is 0 Å². The molecule has 1 aromatic carbocycles. The second-order valence-corrected chi connectivity index (χ2v) is 5.70. The van der Waals surface area contributed by atoms with Gasteiger partial charge in [-0.15, -0.1) is 0 Å². The van der Waals surface area contributed by atoms with Crippen LogP contribution < -0.4 is 5.32 Å². The van der Waals surface area contributed by atoms with Crippen molar-refractivity contribution in [2.45, 2.75) is 26.9 Å². The molecule has 6 nitrogen and oxygen atoms in total. The van der Waals surface area contributed by atoms with Crippen LogP contribution in [0.15, 0.2) is 24.3 Å². The van der Waals surface area contributed by atoms with E-state index in [2.05, 4.69) is 28.0 Å². The molecular formula is C17H23N5O. The van der Waals surface area contributed by atoms with Crippen LogP contribution >= 0.6 is 0 Å². The fraction of sp³-hybridized carbons (Fsp3) is 0.412. The van der Waals surface area contributed by atoms with Gasteiger partial charge in [0.2, 0.25) is 5.95 Å². The van der Waals surface area contributed by atoms with Crippen LogP contribution in [0.5, 0.6) is 0 Å². The van der Waals surface area contributed by atoms with E-state index in [1.807, 2.05) is 36.9 Å². The average Bonchev–Trinajstić information content (AvgIpc) is 3.01. The third-order valence-electron chi connectivity index (χ3n) is 4.26. The minimum atomic E-state index is 0.653. The monoisotopic (exact) mass is 313 g/mol. The van der Waals surface area contributed by atoms with E-state index in [9.17, 15) is 0 Å². The molecule has 0 spiro atoms. The number of nitrogens with zero attached hydrogens (tertiary/aromatic N) is 4. The van der Waals surface area contributed by atoms with E-state index >= 15 is 0 Å². The fourth-order valence-corrected chi connectivity index (χ4v) is 2.86. The maximum atomic E-state index is 5.23. The number of aryl methyl sites for hydroxylation is 2. The number of ether oxygens (including phenoxy) is 1. The van der Waals surface area contributed by atoms with Gasteiger partial charge >= 0.3 is 0 Å². The van der Waals surface area contributed by atoms with Crippen LogP contribution in [0.25, 0.3) is 11.0 Å². The molecule has 0 radical (unpaired) electrons. The first kappa shape index (κ1) is 15.6. The lowest BCUT2D eigenvalue weighted by atomic mass is 10.2. The Labute approximate surface area is 136 Å². The van der Waals surface area contributed by atoms with Crippen molar-refractivity contribution in [3.63, 3.8) is 0 Å². The van der Waals surface area contributed by atoms with Gasteiger partial charge in [0.1, 0.15) is 0 Å². The van der Waals surface area contributed by atoms with E-state index in [0.29, 0.717) is 13.2 Å². The maximum Gasteiger partial charge on any atom is 0.204 e. The molecule has 0 bridgehead atoms. The van der Waals surface area contributed by atoms with Gasteiger partial charge in [0.25, 0.3) is 0 Å². The van der Waals surface area contributed by atoms with Gasteiger partial charge in [0, 0.05) is 38.5 Å². The van der Waals surface area contributed by atoms with E-state index < -0.39 is 0 Å². The Hall–Kier alpha value is -2.34. The minimum Gasteiger partial charge on any atom is -0.383 e. The van der Waals surface area contributed by atoms with E-state index in [-0.39, 0.29) is 0 Å². The second kappa shape index (κ2) is 6.42. The molecule has 23 heavy (non-hydrogen) atoms. The van der Waals surface area contributed by atoms with Crippen molar-refractivity contribution in [2.24, 2.45) is 7.05 Å². The summed E-state index contributed by atoms with van der Waals surface area (Å²) in [5.74, 6) is 0.867. The second-order valence-electron chi connectivity index (χ2n) is 5.70. The zero-order chi connectivity index (χ0) is 16.4. The third-order valence-corrected chi connectivity index (χ3v) is 4.26. The molecular weight excluding hydrogens is 290 g/mol. The zero-order valence-electron chi connectivity index (χ0n) is 14.1. The summed E-state index contributed by atoms with van der Waals surface area (Å²) in [5.41, 5.74) is 5.56. The normalized spacial score (nSPS) is 11.3. The smallest absolute Gasteiger partial charge is 0.204 e. The van der Waals surface area contributed by atoms with E-state index in [1.165, 1.54) is 11.3 Å². The summed E-state index contributed by atoms with van der Waals surface area (Å²) < 4.78 is 9.32. The molecule has 2 heterocycles. The van der Waals surface area contributed by atoms with Gasteiger partial charge in [-0.05, 0) is 26.0 Å². The first-order valence-corrected chi connectivity index (χ1v) is 7.79. The van der Waals surface area contributed by atoms with Crippen LogP contribution in [-0.2, 0) is 24.9 Å². The number of rotatable bonds is 6. The summed E-state index contributed by atoms with van der Waals surface area (Å²) in [6.07, 6.45) is 0. The van der Waals surface area contributed by atoms with Crippen LogP contribution in [0.4, 0.5) is 5.95 Å². The van der Waals surface area contributed by atoms with Crippen LogP contribution in [0, 0.1) is 13.8 Å². The molecule has 2 aromatic heterocycles. The van der Waals surface area contributed by atoms with Gasteiger partial charge in [0.05, 0.1) is 23.3 Å². The number of para-hydroxylation sites is 2. The van der Waals surface area contributed by atoms with Crippen molar-refractivity contribution in [2.75, 3.05) is 19.0 Å². The Morgan fingerprint density at radius 3 is 2.70 bits per heavy atom. The Morgan fingerprint density at radius 1 is 1.22 bits per heavy atom. The van der Waals surface area contributed by atoms with Crippen LogP contribution in [0.2, 0.25) is 0 Å². The molecule has 0 aliphatic carbocycles. The molecule has 0 aliphatic heterocycles. The molecule has 3 rings (SSSR count). The number of aromatic nitrogens is 4. The van der Waals surface area contributed by atoms with E-state index in [4.69, 9.17) is 9.72 Å². The predicted molar refractivity (Wildman–Crippen MR) is 91.6 cm³/mol. The van der Waals surface area contributed by atoms with Crippen molar-refractivity contribution in [3.8, 4) is 0 Å². The van der Waals surface area contributed by atoms with Gasteiger partial charge in [-0.2, -0.15) is 5.10 Å². The lowest BCUT2D eigenvalue weighted by Gasteiger charge is -2.10. The molecule has 122 valence electrons. The van der Waals surface area contributed by atoms with Gasteiger partial charge in [-0.3, -0.25) is 4.68 Å². The summed E-state index contributed by atoms with van der Waals surface area (Å²) in [6, 6.07) is 8.16. The molecule has 0 aliphatic rings. The summed E-state index contributed by atoms with van der Waals surface area (Å²) in [5, 5.41) is 7.93. The molecule has 0 unspecified atom stereocenters. The number of anilines is 1. The summed E-state index contributed by atoms with van der Waals surface area (Å²) >= 11 is 0. The number of hydrogen-bond acceptors (Lipinski definition) is 4. The molecule has 6 heteroatoms. The molecule has 3 aromatic rings. The largest absolute Gasteiger partial charge is 0.383 e. The Kier molecular flexibility index (Phi) is 4.34. The number of fused-ring (bicyclic) bond motifs is 1. The summed E-state index contributed by atoms with van der Waals surface area (Å²) in [4.78, 5) is 4.72. The fourth-order valence-electron chi connectivity index (χ4n) is 2.86. The number of nitrogens with one attached hydrogen (secondary N) is 1. The number of benzene rings is 1. The highest BCUT2D eigenvalue weighted by Gasteiger charge is 2.13. The first-order valence-electron chi connectivity index (χ1n) is 7.79. The van der Waals surface area contributed by atoms with Crippen molar-refractivity contribution < 1.29 is 4.74 Å². The molecule has 0 amide bonds.